The Labute approximate surface area is 126 Å². The van der Waals surface area contributed by atoms with Gasteiger partial charge in [0.25, 0.3) is 0 Å². The van der Waals surface area contributed by atoms with Crippen LogP contribution in [0, 0.1) is 11.8 Å². The summed E-state index contributed by atoms with van der Waals surface area (Å²) in [4.78, 5) is 4.64. The summed E-state index contributed by atoms with van der Waals surface area (Å²) in [5.41, 5.74) is 6.95. The minimum absolute atomic E-state index is 0.436. The van der Waals surface area contributed by atoms with E-state index in [1.54, 1.807) is 7.11 Å². The van der Waals surface area contributed by atoms with Gasteiger partial charge < -0.3 is 15.8 Å². The predicted molar refractivity (Wildman–Crippen MR) is 86.7 cm³/mol. The average molecular weight is 287 g/mol. The molecule has 2 fully saturated rings. The van der Waals surface area contributed by atoms with E-state index < -0.39 is 0 Å². The summed E-state index contributed by atoms with van der Waals surface area (Å²) in [5.74, 6) is 3.00. The molecule has 0 radical (unpaired) electrons. The van der Waals surface area contributed by atoms with Crippen LogP contribution in [0.2, 0.25) is 0 Å². The van der Waals surface area contributed by atoms with Crippen LogP contribution in [-0.4, -0.2) is 19.1 Å². The Kier molecular flexibility index (Phi) is 4.32. The molecular weight excluding hydrogens is 262 g/mol. The van der Waals surface area contributed by atoms with Crippen molar-refractivity contribution in [2.75, 3.05) is 12.4 Å². The lowest BCUT2D eigenvalue weighted by Crippen LogP contribution is -2.23. The van der Waals surface area contributed by atoms with E-state index in [0.29, 0.717) is 12.0 Å². The molecule has 0 heterocycles. The zero-order chi connectivity index (χ0) is 14.7. The largest absolute Gasteiger partial charge is 0.497 e. The van der Waals surface area contributed by atoms with Crippen LogP contribution in [0.15, 0.2) is 29.3 Å². The molecule has 3 N–H and O–H groups in total. The van der Waals surface area contributed by atoms with Crippen LogP contribution in [0.1, 0.15) is 38.5 Å². The van der Waals surface area contributed by atoms with Gasteiger partial charge in [0.05, 0.1) is 13.2 Å². The van der Waals surface area contributed by atoms with Gasteiger partial charge >= 0.3 is 0 Å². The molecule has 2 atom stereocenters. The normalized spacial score (nSPS) is 26.4. The highest BCUT2D eigenvalue weighted by molar-refractivity contribution is 5.92. The minimum Gasteiger partial charge on any atom is -0.497 e. The van der Waals surface area contributed by atoms with Crippen molar-refractivity contribution >= 4 is 11.6 Å². The third kappa shape index (κ3) is 3.69. The fourth-order valence-electron chi connectivity index (χ4n) is 3.48. The molecule has 114 valence electrons. The summed E-state index contributed by atoms with van der Waals surface area (Å²) in [6.07, 6.45) is 8.20. The van der Waals surface area contributed by atoms with Gasteiger partial charge in [-0.15, -0.1) is 0 Å². The molecule has 0 bridgehead atoms. The first kappa shape index (κ1) is 14.2. The Morgan fingerprint density at radius 1 is 1.29 bits per heavy atom. The van der Waals surface area contributed by atoms with Crippen LogP contribution in [0.4, 0.5) is 5.69 Å². The molecule has 0 unspecified atom stereocenters. The summed E-state index contributed by atoms with van der Waals surface area (Å²) in [7, 11) is 1.66. The van der Waals surface area contributed by atoms with E-state index in [9.17, 15) is 0 Å². The lowest BCUT2D eigenvalue weighted by molar-refractivity contribution is 0.318. The number of hydrogen-bond acceptors (Lipinski definition) is 2. The maximum Gasteiger partial charge on any atom is 0.193 e. The van der Waals surface area contributed by atoms with Gasteiger partial charge in [-0.1, -0.05) is 38.2 Å². The van der Waals surface area contributed by atoms with Crippen LogP contribution in [0.3, 0.4) is 0 Å². The van der Waals surface area contributed by atoms with E-state index in [2.05, 4.69) is 10.3 Å². The summed E-state index contributed by atoms with van der Waals surface area (Å²) in [5, 5.41) is 3.16. The first-order valence-corrected chi connectivity index (χ1v) is 8.00. The van der Waals surface area contributed by atoms with Crippen LogP contribution >= 0.6 is 0 Å². The highest BCUT2D eigenvalue weighted by Crippen LogP contribution is 2.46. The third-order valence-electron chi connectivity index (χ3n) is 4.71. The van der Waals surface area contributed by atoms with Crippen LogP contribution in [-0.2, 0) is 0 Å². The third-order valence-corrected chi connectivity index (χ3v) is 4.71. The summed E-state index contributed by atoms with van der Waals surface area (Å²) in [6.45, 7) is 0. The molecule has 1 aromatic carbocycles. The van der Waals surface area contributed by atoms with Gasteiger partial charge in [0, 0.05) is 11.8 Å². The Morgan fingerprint density at radius 2 is 2.10 bits per heavy atom. The lowest BCUT2D eigenvalue weighted by atomic mass is 9.85. The van der Waals surface area contributed by atoms with E-state index in [1.165, 1.54) is 38.5 Å². The second-order valence-electron chi connectivity index (χ2n) is 6.24. The zero-order valence-corrected chi connectivity index (χ0v) is 12.7. The van der Waals surface area contributed by atoms with E-state index >= 15 is 0 Å². The SMILES string of the molecule is COc1cccc(NC(N)=N[C@@H]2C[C@H]2C2CCCCC2)c1. The van der Waals surface area contributed by atoms with Crippen molar-refractivity contribution in [2.24, 2.45) is 22.6 Å². The number of nitrogens with two attached hydrogens (primary N) is 1. The first-order valence-electron chi connectivity index (χ1n) is 8.00. The van der Waals surface area contributed by atoms with E-state index in [1.807, 2.05) is 24.3 Å². The van der Waals surface area contributed by atoms with E-state index in [4.69, 9.17) is 10.5 Å². The smallest absolute Gasteiger partial charge is 0.193 e. The Balaban J connectivity index is 1.54. The van der Waals surface area contributed by atoms with Gasteiger partial charge in [0.2, 0.25) is 0 Å². The molecule has 2 saturated carbocycles. The minimum atomic E-state index is 0.436. The van der Waals surface area contributed by atoms with E-state index in [0.717, 1.165) is 23.3 Å². The molecular formula is C17H25N3O. The van der Waals surface area contributed by atoms with Crippen molar-refractivity contribution in [1.82, 2.24) is 0 Å². The molecule has 3 rings (SSSR count). The van der Waals surface area contributed by atoms with Crippen molar-refractivity contribution in [3.63, 3.8) is 0 Å². The van der Waals surface area contributed by atoms with Crippen LogP contribution in [0.25, 0.3) is 0 Å². The molecule has 0 amide bonds. The number of rotatable bonds is 4. The van der Waals surface area contributed by atoms with E-state index in [-0.39, 0.29) is 0 Å². The number of guanidine groups is 1. The molecule has 0 aliphatic heterocycles. The highest BCUT2D eigenvalue weighted by Gasteiger charge is 2.43. The number of anilines is 1. The van der Waals surface area contributed by atoms with Crippen molar-refractivity contribution < 1.29 is 4.74 Å². The van der Waals surface area contributed by atoms with Crippen LogP contribution in [0.5, 0.6) is 5.75 Å². The molecule has 0 saturated heterocycles. The van der Waals surface area contributed by atoms with Gasteiger partial charge in [-0.3, -0.25) is 0 Å². The van der Waals surface area contributed by atoms with Crippen molar-refractivity contribution in [2.45, 2.75) is 44.6 Å². The maximum atomic E-state index is 6.03. The number of aliphatic imine (C=N–C) groups is 1. The zero-order valence-electron chi connectivity index (χ0n) is 12.7. The number of benzene rings is 1. The van der Waals surface area contributed by atoms with Crippen LogP contribution < -0.4 is 15.8 Å². The van der Waals surface area contributed by atoms with Gasteiger partial charge in [-0.25, -0.2) is 4.99 Å². The fourth-order valence-corrected chi connectivity index (χ4v) is 3.48. The van der Waals surface area contributed by atoms with Crippen molar-refractivity contribution in [3.8, 4) is 5.75 Å². The molecule has 0 aromatic heterocycles. The monoisotopic (exact) mass is 287 g/mol. The summed E-state index contributed by atoms with van der Waals surface area (Å²) in [6, 6.07) is 8.19. The van der Waals surface area contributed by atoms with Gasteiger partial charge in [-0.2, -0.15) is 0 Å². The van der Waals surface area contributed by atoms with Crippen molar-refractivity contribution in [3.05, 3.63) is 24.3 Å². The molecule has 2 aliphatic rings. The second kappa shape index (κ2) is 6.37. The number of methoxy groups -OCH3 is 1. The number of nitrogens with zero attached hydrogens (tertiary/aromatic N) is 1. The molecule has 2 aliphatic carbocycles. The van der Waals surface area contributed by atoms with Gasteiger partial charge in [0.1, 0.15) is 5.75 Å². The fraction of sp³-hybridized carbons (Fsp3) is 0.588. The second-order valence-corrected chi connectivity index (χ2v) is 6.24. The Morgan fingerprint density at radius 3 is 2.86 bits per heavy atom. The molecule has 4 heteroatoms. The molecule has 1 aromatic rings. The van der Waals surface area contributed by atoms with Crippen molar-refractivity contribution in [1.29, 1.82) is 0 Å². The molecule has 0 spiro atoms. The number of ether oxygens (including phenoxy) is 1. The lowest BCUT2D eigenvalue weighted by Gasteiger charge is -2.21. The topological polar surface area (TPSA) is 59.6 Å². The summed E-state index contributed by atoms with van der Waals surface area (Å²) >= 11 is 0. The average Bonchev–Trinajstić information content (AvgIpc) is 3.27. The number of hydrogen-bond donors (Lipinski definition) is 2. The van der Waals surface area contributed by atoms with Gasteiger partial charge in [0.15, 0.2) is 5.96 Å². The first-order chi connectivity index (χ1) is 10.3. The number of nitrogens with one attached hydrogen (secondary N) is 1. The predicted octanol–water partition coefficient (Wildman–Crippen LogP) is 3.39. The Hall–Kier alpha value is -1.71. The quantitative estimate of drug-likeness (QED) is 0.659. The summed E-state index contributed by atoms with van der Waals surface area (Å²) < 4.78 is 5.21. The standard InChI is InChI=1S/C17H25N3O/c1-21-14-9-5-8-13(10-14)19-17(18)20-16-11-15(16)12-6-3-2-4-7-12/h5,8-10,12,15-16H,2-4,6-7,11H2,1H3,(H3,18,19,20)/t15-,16+/m0/s1. The van der Waals surface area contributed by atoms with Gasteiger partial charge in [-0.05, 0) is 30.4 Å². The highest BCUT2D eigenvalue weighted by atomic mass is 16.5. The molecule has 21 heavy (non-hydrogen) atoms. The maximum absolute atomic E-state index is 6.03. The molecule has 4 nitrogen and oxygen atoms in total. The Bertz CT molecular complexity index is 509.